The van der Waals surface area contributed by atoms with E-state index in [0.717, 1.165) is 25.9 Å². The van der Waals surface area contributed by atoms with Crippen LogP contribution in [0.4, 0.5) is 0 Å². The lowest BCUT2D eigenvalue weighted by atomic mass is 9.83. The van der Waals surface area contributed by atoms with Crippen molar-refractivity contribution in [3.8, 4) is 0 Å². The highest BCUT2D eigenvalue weighted by molar-refractivity contribution is 5.81. The SMILES string of the molecule is CC1CCOC1C(=O)N(C)C1CCCCC1CN. The van der Waals surface area contributed by atoms with E-state index in [1.54, 1.807) is 0 Å². The first-order valence-corrected chi connectivity index (χ1v) is 7.23. The van der Waals surface area contributed by atoms with Crippen molar-refractivity contribution in [3.05, 3.63) is 0 Å². The summed E-state index contributed by atoms with van der Waals surface area (Å²) in [6.45, 7) is 3.50. The second-order valence-corrected chi connectivity index (χ2v) is 5.85. The molecule has 18 heavy (non-hydrogen) atoms. The number of likely N-dealkylation sites (N-methyl/N-ethyl adjacent to an activating group) is 1. The van der Waals surface area contributed by atoms with Crippen molar-refractivity contribution < 1.29 is 9.53 Å². The van der Waals surface area contributed by atoms with Crippen LogP contribution in [0.15, 0.2) is 0 Å². The van der Waals surface area contributed by atoms with E-state index in [-0.39, 0.29) is 12.0 Å². The summed E-state index contributed by atoms with van der Waals surface area (Å²) in [6.07, 6.45) is 5.46. The summed E-state index contributed by atoms with van der Waals surface area (Å²) in [5.41, 5.74) is 5.84. The molecule has 4 nitrogen and oxygen atoms in total. The molecule has 2 N–H and O–H groups in total. The van der Waals surface area contributed by atoms with E-state index in [9.17, 15) is 4.79 Å². The lowest BCUT2D eigenvalue weighted by molar-refractivity contribution is -0.145. The Morgan fingerprint density at radius 2 is 2.06 bits per heavy atom. The Hall–Kier alpha value is -0.610. The summed E-state index contributed by atoms with van der Waals surface area (Å²) in [4.78, 5) is 14.4. The van der Waals surface area contributed by atoms with Crippen LogP contribution in [0.5, 0.6) is 0 Å². The number of carbonyl (C=O) groups is 1. The Bertz CT molecular complexity index is 296. The number of nitrogens with two attached hydrogens (primary N) is 1. The highest BCUT2D eigenvalue weighted by Crippen LogP contribution is 2.29. The summed E-state index contributed by atoms with van der Waals surface area (Å²) in [5, 5.41) is 0. The van der Waals surface area contributed by atoms with Gasteiger partial charge in [0, 0.05) is 19.7 Å². The molecular formula is C14H26N2O2. The monoisotopic (exact) mass is 254 g/mol. The maximum atomic E-state index is 12.5. The van der Waals surface area contributed by atoms with Gasteiger partial charge in [-0.15, -0.1) is 0 Å². The normalized spacial score (nSPS) is 36.6. The average Bonchev–Trinajstić information content (AvgIpc) is 2.83. The van der Waals surface area contributed by atoms with E-state index in [0.29, 0.717) is 24.4 Å². The Morgan fingerprint density at radius 1 is 1.33 bits per heavy atom. The lowest BCUT2D eigenvalue weighted by Crippen LogP contribution is -2.50. The van der Waals surface area contributed by atoms with Crippen molar-refractivity contribution in [2.45, 2.75) is 51.2 Å². The van der Waals surface area contributed by atoms with Gasteiger partial charge in [0.25, 0.3) is 5.91 Å². The molecule has 1 saturated heterocycles. The van der Waals surface area contributed by atoms with E-state index in [1.165, 1.54) is 12.8 Å². The Kier molecular flexibility index (Phi) is 4.62. The minimum absolute atomic E-state index is 0.158. The molecule has 2 rings (SSSR count). The van der Waals surface area contributed by atoms with Gasteiger partial charge in [-0.25, -0.2) is 0 Å². The molecule has 4 heteroatoms. The van der Waals surface area contributed by atoms with Gasteiger partial charge in [0.2, 0.25) is 0 Å². The molecule has 104 valence electrons. The van der Waals surface area contributed by atoms with Crippen LogP contribution >= 0.6 is 0 Å². The molecule has 4 unspecified atom stereocenters. The molecular weight excluding hydrogens is 228 g/mol. The van der Waals surface area contributed by atoms with E-state index >= 15 is 0 Å². The zero-order valence-electron chi connectivity index (χ0n) is 11.6. The summed E-state index contributed by atoms with van der Waals surface area (Å²) in [5.74, 6) is 0.967. The second kappa shape index (κ2) is 6.02. The van der Waals surface area contributed by atoms with E-state index in [2.05, 4.69) is 6.92 Å². The van der Waals surface area contributed by atoms with Gasteiger partial charge >= 0.3 is 0 Å². The fourth-order valence-corrected chi connectivity index (χ4v) is 3.35. The Balaban J connectivity index is 2.00. The molecule has 1 amide bonds. The molecule has 1 heterocycles. The standard InChI is InChI=1S/C14H26N2O2/c1-10-7-8-18-13(10)14(17)16(2)12-6-4-3-5-11(12)9-15/h10-13H,3-9,15H2,1-2H3. The van der Waals surface area contributed by atoms with Crippen molar-refractivity contribution in [3.63, 3.8) is 0 Å². The minimum atomic E-state index is -0.227. The molecule has 0 aromatic heterocycles. The highest BCUT2D eigenvalue weighted by Gasteiger charge is 2.37. The first kappa shape index (κ1) is 13.8. The molecule has 0 aromatic rings. The average molecular weight is 254 g/mol. The van der Waals surface area contributed by atoms with Crippen LogP contribution in [0.2, 0.25) is 0 Å². The first-order valence-electron chi connectivity index (χ1n) is 7.23. The van der Waals surface area contributed by atoms with Crippen LogP contribution in [-0.2, 0) is 9.53 Å². The van der Waals surface area contributed by atoms with Crippen LogP contribution in [0.1, 0.15) is 39.0 Å². The van der Waals surface area contributed by atoms with Crippen LogP contribution in [0.25, 0.3) is 0 Å². The second-order valence-electron chi connectivity index (χ2n) is 5.85. The number of hydrogen-bond acceptors (Lipinski definition) is 3. The van der Waals surface area contributed by atoms with E-state index in [1.807, 2.05) is 11.9 Å². The Morgan fingerprint density at radius 3 is 2.67 bits per heavy atom. The largest absolute Gasteiger partial charge is 0.368 e. The van der Waals surface area contributed by atoms with Gasteiger partial charge in [0.1, 0.15) is 6.10 Å². The predicted octanol–water partition coefficient (Wildman–Crippen LogP) is 1.39. The molecule has 0 radical (unpaired) electrons. The van der Waals surface area contributed by atoms with Crippen LogP contribution in [0.3, 0.4) is 0 Å². The number of nitrogens with zero attached hydrogens (tertiary/aromatic N) is 1. The molecule has 0 bridgehead atoms. The van der Waals surface area contributed by atoms with Gasteiger partial charge in [0.15, 0.2) is 0 Å². The number of hydrogen-bond donors (Lipinski definition) is 1. The molecule has 4 atom stereocenters. The summed E-state index contributed by atoms with van der Waals surface area (Å²) in [7, 11) is 1.93. The minimum Gasteiger partial charge on any atom is -0.368 e. The van der Waals surface area contributed by atoms with Gasteiger partial charge in [-0.05, 0) is 37.6 Å². The maximum absolute atomic E-state index is 12.5. The predicted molar refractivity (Wildman–Crippen MR) is 71.1 cm³/mol. The number of carbonyl (C=O) groups excluding carboxylic acids is 1. The quantitative estimate of drug-likeness (QED) is 0.828. The molecule has 1 saturated carbocycles. The molecule has 2 aliphatic rings. The zero-order chi connectivity index (χ0) is 13.1. The van der Waals surface area contributed by atoms with Crippen molar-refractivity contribution in [1.29, 1.82) is 0 Å². The van der Waals surface area contributed by atoms with Crippen LogP contribution in [0, 0.1) is 11.8 Å². The number of amides is 1. The third-order valence-corrected chi connectivity index (χ3v) is 4.65. The van der Waals surface area contributed by atoms with E-state index in [4.69, 9.17) is 10.5 Å². The van der Waals surface area contributed by atoms with Gasteiger partial charge < -0.3 is 15.4 Å². The molecule has 1 aliphatic carbocycles. The summed E-state index contributed by atoms with van der Waals surface area (Å²) < 4.78 is 5.59. The fraction of sp³-hybridized carbons (Fsp3) is 0.929. The maximum Gasteiger partial charge on any atom is 0.251 e. The van der Waals surface area contributed by atoms with E-state index < -0.39 is 0 Å². The molecule has 0 aromatic carbocycles. The summed E-state index contributed by atoms with van der Waals surface area (Å²) in [6, 6.07) is 0.313. The molecule has 0 spiro atoms. The third kappa shape index (κ3) is 2.69. The smallest absolute Gasteiger partial charge is 0.251 e. The first-order chi connectivity index (χ1) is 8.65. The third-order valence-electron chi connectivity index (χ3n) is 4.65. The van der Waals surface area contributed by atoms with Gasteiger partial charge in [-0.3, -0.25) is 4.79 Å². The zero-order valence-corrected chi connectivity index (χ0v) is 11.6. The van der Waals surface area contributed by atoms with Gasteiger partial charge in [-0.1, -0.05) is 19.8 Å². The van der Waals surface area contributed by atoms with Crippen molar-refractivity contribution >= 4 is 5.91 Å². The molecule has 1 aliphatic heterocycles. The van der Waals surface area contributed by atoms with Crippen LogP contribution in [-0.4, -0.2) is 43.2 Å². The lowest BCUT2D eigenvalue weighted by Gasteiger charge is -2.38. The van der Waals surface area contributed by atoms with Crippen molar-refractivity contribution in [2.24, 2.45) is 17.6 Å². The fourth-order valence-electron chi connectivity index (χ4n) is 3.35. The van der Waals surface area contributed by atoms with Crippen molar-refractivity contribution in [1.82, 2.24) is 4.90 Å². The Labute approximate surface area is 110 Å². The van der Waals surface area contributed by atoms with Crippen molar-refractivity contribution in [2.75, 3.05) is 20.2 Å². The summed E-state index contributed by atoms with van der Waals surface area (Å²) >= 11 is 0. The number of rotatable bonds is 3. The molecule has 2 fully saturated rings. The van der Waals surface area contributed by atoms with Gasteiger partial charge in [-0.2, -0.15) is 0 Å². The highest BCUT2D eigenvalue weighted by atomic mass is 16.5. The van der Waals surface area contributed by atoms with Crippen LogP contribution < -0.4 is 5.73 Å². The van der Waals surface area contributed by atoms with Gasteiger partial charge in [0.05, 0.1) is 0 Å². The topological polar surface area (TPSA) is 55.6 Å². The number of ether oxygens (including phenoxy) is 1.